The fourth-order valence-electron chi connectivity index (χ4n) is 2.64. The number of carbonyl (C=O) groups is 2. The number of halogens is 2. The Morgan fingerprint density at radius 2 is 1.79 bits per heavy atom. The van der Waals surface area contributed by atoms with Crippen molar-refractivity contribution in [3.05, 3.63) is 64.9 Å². The molecule has 156 valence electrons. The van der Waals surface area contributed by atoms with Crippen molar-refractivity contribution < 1.29 is 18.7 Å². The Hall–Kier alpha value is -2.60. The normalized spacial score (nSPS) is 12.7. The zero-order chi connectivity index (χ0) is 21.4. The van der Waals surface area contributed by atoms with Crippen molar-refractivity contribution in [3.63, 3.8) is 0 Å². The van der Waals surface area contributed by atoms with E-state index < -0.39 is 17.8 Å². The van der Waals surface area contributed by atoms with Crippen molar-refractivity contribution in [1.82, 2.24) is 10.2 Å². The molecule has 0 spiro atoms. The smallest absolute Gasteiger partial charge is 0.261 e. The minimum absolute atomic E-state index is 0.0326. The molecule has 0 radical (unpaired) electrons. The first kappa shape index (κ1) is 22.7. The molecule has 29 heavy (non-hydrogen) atoms. The van der Waals surface area contributed by atoms with E-state index in [1.807, 2.05) is 13.8 Å². The average molecular weight is 421 g/mol. The standard InChI is InChI=1S/C22H26ClFN2O3/c1-4-15(2)25-22(28)16(3)26(13-17-9-5-7-11-19(17)24)21(27)14-29-20-12-8-6-10-18(20)23/h5-12,15-16H,4,13-14H2,1-3H3,(H,25,28)/t15-,16+/m1/s1. The second-order valence-electron chi connectivity index (χ2n) is 6.83. The predicted octanol–water partition coefficient (Wildman–Crippen LogP) is 4.19. The van der Waals surface area contributed by atoms with Gasteiger partial charge in [-0.2, -0.15) is 0 Å². The fourth-order valence-corrected chi connectivity index (χ4v) is 2.83. The lowest BCUT2D eigenvalue weighted by molar-refractivity contribution is -0.142. The van der Waals surface area contributed by atoms with Crippen molar-refractivity contribution >= 4 is 23.4 Å². The fraction of sp³-hybridized carbons (Fsp3) is 0.364. The van der Waals surface area contributed by atoms with Gasteiger partial charge in [0.1, 0.15) is 17.6 Å². The Labute approximate surface area is 175 Å². The van der Waals surface area contributed by atoms with Crippen LogP contribution in [0.2, 0.25) is 5.02 Å². The second kappa shape index (κ2) is 10.8. The zero-order valence-electron chi connectivity index (χ0n) is 16.8. The first-order valence-electron chi connectivity index (χ1n) is 9.54. The number of nitrogens with zero attached hydrogens (tertiary/aromatic N) is 1. The Kier molecular flexibility index (Phi) is 8.46. The van der Waals surface area contributed by atoms with E-state index in [-0.39, 0.29) is 25.1 Å². The molecule has 5 nitrogen and oxygen atoms in total. The molecule has 2 rings (SSSR count). The quantitative estimate of drug-likeness (QED) is 0.661. The molecule has 1 N–H and O–H groups in total. The molecule has 2 amide bonds. The number of benzene rings is 2. The molecule has 0 aliphatic carbocycles. The van der Waals surface area contributed by atoms with Crippen LogP contribution >= 0.6 is 11.6 Å². The molecule has 0 aliphatic rings. The minimum Gasteiger partial charge on any atom is -0.482 e. The van der Waals surface area contributed by atoms with Crippen molar-refractivity contribution in [2.45, 2.75) is 45.8 Å². The van der Waals surface area contributed by atoms with Gasteiger partial charge < -0.3 is 15.0 Å². The van der Waals surface area contributed by atoms with Crippen LogP contribution in [0.1, 0.15) is 32.8 Å². The third-order valence-electron chi connectivity index (χ3n) is 4.65. The Morgan fingerprint density at radius 1 is 1.14 bits per heavy atom. The number of para-hydroxylation sites is 1. The second-order valence-corrected chi connectivity index (χ2v) is 7.23. The van der Waals surface area contributed by atoms with Crippen LogP contribution in [0.25, 0.3) is 0 Å². The van der Waals surface area contributed by atoms with Crippen LogP contribution in [0.4, 0.5) is 4.39 Å². The third-order valence-corrected chi connectivity index (χ3v) is 4.97. The van der Waals surface area contributed by atoms with Crippen molar-refractivity contribution in [2.24, 2.45) is 0 Å². The molecule has 2 aromatic rings. The average Bonchev–Trinajstić information content (AvgIpc) is 2.71. The molecule has 0 aliphatic heterocycles. The summed E-state index contributed by atoms with van der Waals surface area (Å²) in [5.41, 5.74) is 0.321. The number of carbonyl (C=O) groups excluding carboxylic acids is 2. The van der Waals surface area contributed by atoms with Crippen molar-refractivity contribution in [1.29, 1.82) is 0 Å². The lowest BCUT2D eigenvalue weighted by Gasteiger charge is -2.29. The first-order valence-corrected chi connectivity index (χ1v) is 9.91. The topological polar surface area (TPSA) is 58.6 Å². The Bertz CT molecular complexity index is 846. The maximum atomic E-state index is 14.2. The lowest BCUT2D eigenvalue weighted by Crippen LogP contribution is -2.50. The highest BCUT2D eigenvalue weighted by molar-refractivity contribution is 6.32. The van der Waals surface area contributed by atoms with Gasteiger partial charge >= 0.3 is 0 Å². The van der Waals surface area contributed by atoms with Gasteiger partial charge in [0.2, 0.25) is 5.91 Å². The molecule has 0 fully saturated rings. The van der Waals surface area contributed by atoms with E-state index in [2.05, 4.69) is 5.32 Å². The van der Waals surface area contributed by atoms with Gasteiger partial charge in [0, 0.05) is 18.2 Å². The number of rotatable bonds is 9. The molecule has 0 saturated carbocycles. The molecule has 2 atom stereocenters. The minimum atomic E-state index is -0.800. The van der Waals surface area contributed by atoms with Gasteiger partial charge in [-0.25, -0.2) is 4.39 Å². The number of hydrogen-bond acceptors (Lipinski definition) is 3. The number of ether oxygens (including phenoxy) is 1. The van der Waals surface area contributed by atoms with Crippen molar-refractivity contribution in [2.75, 3.05) is 6.61 Å². The van der Waals surface area contributed by atoms with E-state index in [1.54, 1.807) is 49.4 Å². The van der Waals surface area contributed by atoms with Crippen molar-refractivity contribution in [3.8, 4) is 5.75 Å². The summed E-state index contributed by atoms with van der Waals surface area (Å²) < 4.78 is 19.7. The third kappa shape index (κ3) is 6.46. The monoisotopic (exact) mass is 420 g/mol. The first-order chi connectivity index (χ1) is 13.8. The van der Waals surface area contributed by atoms with Crippen LogP contribution in [0.5, 0.6) is 5.75 Å². The lowest BCUT2D eigenvalue weighted by atomic mass is 10.1. The molecular weight excluding hydrogens is 395 g/mol. The molecule has 7 heteroatoms. The molecular formula is C22H26ClFN2O3. The van der Waals surface area contributed by atoms with Crippen LogP contribution in [0.3, 0.4) is 0 Å². The van der Waals surface area contributed by atoms with Gasteiger partial charge in [0.15, 0.2) is 6.61 Å². The molecule has 0 saturated heterocycles. The molecule has 2 aromatic carbocycles. The summed E-state index contributed by atoms with van der Waals surface area (Å²) in [7, 11) is 0. The van der Waals surface area contributed by atoms with E-state index >= 15 is 0 Å². The van der Waals surface area contributed by atoms with Gasteiger partial charge in [-0.1, -0.05) is 48.9 Å². The maximum Gasteiger partial charge on any atom is 0.261 e. The van der Waals surface area contributed by atoms with Gasteiger partial charge in [0.05, 0.1) is 5.02 Å². The van der Waals surface area contributed by atoms with Gasteiger partial charge in [0.25, 0.3) is 5.91 Å². The summed E-state index contributed by atoms with van der Waals surface area (Å²) >= 11 is 6.06. The molecule has 0 aromatic heterocycles. The van der Waals surface area contributed by atoms with E-state index in [9.17, 15) is 14.0 Å². The summed E-state index contributed by atoms with van der Waals surface area (Å²) in [6, 6.07) is 12.1. The maximum absolute atomic E-state index is 14.2. The highest BCUT2D eigenvalue weighted by Crippen LogP contribution is 2.23. The molecule has 0 bridgehead atoms. The predicted molar refractivity (Wildman–Crippen MR) is 111 cm³/mol. The van der Waals surface area contributed by atoms with Gasteiger partial charge in [-0.3, -0.25) is 9.59 Å². The summed E-state index contributed by atoms with van der Waals surface area (Å²) in [5.74, 6) is -0.821. The van der Waals surface area contributed by atoms with Gasteiger partial charge in [-0.15, -0.1) is 0 Å². The number of hydrogen-bond donors (Lipinski definition) is 1. The Morgan fingerprint density at radius 3 is 2.45 bits per heavy atom. The highest BCUT2D eigenvalue weighted by atomic mass is 35.5. The summed E-state index contributed by atoms with van der Waals surface area (Å²) in [5, 5.41) is 3.24. The molecule has 0 heterocycles. The zero-order valence-corrected chi connectivity index (χ0v) is 17.6. The van der Waals surface area contributed by atoms with Crippen LogP contribution in [0.15, 0.2) is 48.5 Å². The Balaban J connectivity index is 2.18. The van der Waals surface area contributed by atoms with E-state index in [0.29, 0.717) is 16.3 Å². The number of amides is 2. The van der Waals surface area contributed by atoms with E-state index in [1.165, 1.54) is 11.0 Å². The van der Waals surface area contributed by atoms with Crippen LogP contribution in [-0.4, -0.2) is 35.4 Å². The largest absolute Gasteiger partial charge is 0.482 e. The van der Waals surface area contributed by atoms with Crippen LogP contribution in [0, 0.1) is 5.82 Å². The summed E-state index contributed by atoms with van der Waals surface area (Å²) in [6.07, 6.45) is 0.759. The van der Waals surface area contributed by atoms with Crippen LogP contribution < -0.4 is 10.1 Å². The van der Waals surface area contributed by atoms with E-state index in [4.69, 9.17) is 16.3 Å². The number of nitrogens with one attached hydrogen (secondary N) is 1. The SMILES string of the molecule is CC[C@@H](C)NC(=O)[C@H](C)N(Cc1ccccc1F)C(=O)COc1ccccc1Cl. The highest BCUT2D eigenvalue weighted by Gasteiger charge is 2.28. The molecule has 0 unspecified atom stereocenters. The summed E-state index contributed by atoms with van der Waals surface area (Å²) in [4.78, 5) is 26.8. The van der Waals surface area contributed by atoms with Gasteiger partial charge in [-0.05, 0) is 38.5 Å². The van der Waals surface area contributed by atoms with Crippen LogP contribution in [-0.2, 0) is 16.1 Å². The summed E-state index contributed by atoms with van der Waals surface area (Å²) in [6.45, 7) is 5.08. The van der Waals surface area contributed by atoms with E-state index in [0.717, 1.165) is 6.42 Å².